The van der Waals surface area contributed by atoms with E-state index in [0.29, 0.717) is 0 Å². The maximum Gasteiger partial charge on any atom is 0.0804 e. The lowest BCUT2D eigenvalue weighted by Crippen LogP contribution is -1.85. The van der Waals surface area contributed by atoms with Crippen LogP contribution in [0.2, 0.25) is 0 Å². The third kappa shape index (κ3) is 1.44. The summed E-state index contributed by atoms with van der Waals surface area (Å²) in [6.45, 7) is 0. The highest BCUT2D eigenvalue weighted by atomic mass is 32.2. The van der Waals surface area contributed by atoms with Gasteiger partial charge < -0.3 is 4.40 Å². The van der Waals surface area contributed by atoms with Crippen molar-refractivity contribution >= 4 is 29.0 Å². The van der Waals surface area contributed by atoms with Gasteiger partial charge in [0.25, 0.3) is 0 Å². The normalized spacial score (nSPS) is 10.9. The van der Waals surface area contributed by atoms with Gasteiger partial charge in [0.2, 0.25) is 0 Å². The average molecular weight is 210 g/mol. The first-order valence-corrected chi connectivity index (χ1v) is 6.35. The van der Waals surface area contributed by atoms with Crippen LogP contribution in [-0.4, -0.2) is 21.9 Å². The molecule has 2 rings (SSSR count). The molecular weight excluding hydrogens is 200 g/mol. The Hall–Kier alpha value is -0.610. The number of hydrogen-bond acceptors (Lipinski definition) is 3. The smallest absolute Gasteiger partial charge is 0.0804 e. The van der Waals surface area contributed by atoms with Crippen LogP contribution in [0, 0.1) is 0 Å². The summed E-state index contributed by atoms with van der Waals surface area (Å²) in [5.74, 6) is 0. The SMILES string of the molecule is CSc1cc(SC)n2ccncc12. The van der Waals surface area contributed by atoms with Crippen molar-refractivity contribution in [1.82, 2.24) is 9.38 Å². The highest BCUT2D eigenvalue weighted by molar-refractivity contribution is 7.99. The number of rotatable bonds is 2. The first-order chi connectivity index (χ1) is 6.36. The second kappa shape index (κ2) is 3.64. The molecule has 2 aromatic heterocycles. The monoisotopic (exact) mass is 210 g/mol. The van der Waals surface area contributed by atoms with E-state index in [4.69, 9.17) is 0 Å². The van der Waals surface area contributed by atoms with Gasteiger partial charge in [0, 0.05) is 17.3 Å². The third-order valence-corrected chi connectivity index (χ3v) is 3.43. The molecule has 0 aliphatic heterocycles. The molecule has 0 fully saturated rings. The lowest BCUT2D eigenvalue weighted by atomic mass is 10.5. The molecular formula is C9H10N2S2. The molecule has 0 saturated heterocycles. The Morgan fingerprint density at radius 2 is 2.15 bits per heavy atom. The van der Waals surface area contributed by atoms with Crippen molar-refractivity contribution in [3.63, 3.8) is 0 Å². The van der Waals surface area contributed by atoms with Gasteiger partial charge in [-0.25, -0.2) is 0 Å². The Kier molecular flexibility index (Phi) is 2.51. The van der Waals surface area contributed by atoms with E-state index >= 15 is 0 Å². The maximum absolute atomic E-state index is 4.13. The second-order valence-electron chi connectivity index (χ2n) is 2.59. The van der Waals surface area contributed by atoms with Crippen molar-refractivity contribution < 1.29 is 0 Å². The van der Waals surface area contributed by atoms with E-state index in [1.54, 1.807) is 23.5 Å². The van der Waals surface area contributed by atoms with Crippen LogP contribution in [-0.2, 0) is 0 Å². The molecule has 13 heavy (non-hydrogen) atoms. The van der Waals surface area contributed by atoms with E-state index < -0.39 is 0 Å². The fourth-order valence-corrected chi connectivity index (χ4v) is 2.57. The van der Waals surface area contributed by atoms with Crippen LogP contribution in [0.15, 0.2) is 34.6 Å². The zero-order valence-electron chi connectivity index (χ0n) is 7.52. The first kappa shape index (κ1) is 8.97. The van der Waals surface area contributed by atoms with E-state index in [9.17, 15) is 0 Å². The first-order valence-electron chi connectivity index (χ1n) is 3.90. The highest BCUT2D eigenvalue weighted by Gasteiger charge is 2.06. The van der Waals surface area contributed by atoms with Gasteiger partial charge in [0.15, 0.2) is 0 Å². The summed E-state index contributed by atoms with van der Waals surface area (Å²) in [7, 11) is 0. The van der Waals surface area contributed by atoms with Crippen LogP contribution >= 0.6 is 23.5 Å². The minimum atomic E-state index is 1.19. The maximum atomic E-state index is 4.13. The zero-order valence-corrected chi connectivity index (χ0v) is 9.15. The molecule has 0 unspecified atom stereocenters. The van der Waals surface area contributed by atoms with Gasteiger partial charge in [-0.05, 0) is 18.6 Å². The molecule has 68 valence electrons. The molecule has 0 N–H and O–H groups in total. The molecule has 0 spiro atoms. The molecule has 0 radical (unpaired) electrons. The van der Waals surface area contributed by atoms with Gasteiger partial charge >= 0.3 is 0 Å². The molecule has 0 amide bonds. The van der Waals surface area contributed by atoms with Crippen LogP contribution in [0.3, 0.4) is 0 Å². The Labute approximate surface area is 85.7 Å². The molecule has 0 atom stereocenters. The molecule has 0 aromatic carbocycles. The summed E-state index contributed by atoms with van der Waals surface area (Å²) in [5.41, 5.74) is 1.19. The fourth-order valence-electron chi connectivity index (χ4n) is 1.31. The minimum Gasteiger partial charge on any atom is -0.307 e. The molecule has 2 nitrogen and oxygen atoms in total. The van der Waals surface area contributed by atoms with E-state index in [0.717, 1.165) is 0 Å². The van der Waals surface area contributed by atoms with Crippen molar-refractivity contribution in [2.75, 3.05) is 12.5 Å². The van der Waals surface area contributed by atoms with Crippen LogP contribution in [0.1, 0.15) is 0 Å². The number of aromatic nitrogens is 2. The second-order valence-corrected chi connectivity index (χ2v) is 4.26. The Balaban J connectivity index is 2.74. The molecule has 2 aromatic rings. The third-order valence-electron chi connectivity index (χ3n) is 1.93. The van der Waals surface area contributed by atoms with Gasteiger partial charge in [-0.1, -0.05) is 0 Å². The average Bonchev–Trinajstić information content (AvgIpc) is 2.56. The standard InChI is InChI=1S/C9H10N2S2/c1-12-8-5-9(13-2)11-4-3-10-6-7(8)11/h3-6H,1-2H3. The van der Waals surface area contributed by atoms with Gasteiger partial charge in [0.1, 0.15) is 0 Å². The largest absolute Gasteiger partial charge is 0.307 e. The van der Waals surface area contributed by atoms with Crippen LogP contribution in [0.4, 0.5) is 0 Å². The van der Waals surface area contributed by atoms with E-state index in [1.165, 1.54) is 15.4 Å². The van der Waals surface area contributed by atoms with Crippen molar-refractivity contribution in [3.05, 3.63) is 24.7 Å². The van der Waals surface area contributed by atoms with E-state index in [2.05, 4.69) is 28.0 Å². The van der Waals surface area contributed by atoms with Gasteiger partial charge in [-0.2, -0.15) is 0 Å². The Bertz CT molecular complexity index is 384. The van der Waals surface area contributed by atoms with E-state index in [1.807, 2.05) is 18.6 Å². The number of nitrogens with zero attached hydrogens (tertiary/aromatic N) is 2. The fraction of sp³-hybridized carbons (Fsp3) is 0.222. The summed E-state index contributed by atoms with van der Waals surface area (Å²) in [6, 6.07) is 2.20. The summed E-state index contributed by atoms with van der Waals surface area (Å²) in [4.78, 5) is 5.41. The van der Waals surface area contributed by atoms with Crippen molar-refractivity contribution in [2.45, 2.75) is 9.92 Å². The lowest BCUT2D eigenvalue weighted by molar-refractivity contribution is 1.03. The van der Waals surface area contributed by atoms with Gasteiger partial charge in [-0.3, -0.25) is 4.98 Å². The van der Waals surface area contributed by atoms with E-state index in [-0.39, 0.29) is 0 Å². The predicted octanol–water partition coefficient (Wildman–Crippen LogP) is 2.78. The van der Waals surface area contributed by atoms with Crippen LogP contribution in [0.25, 0.3) is 5.52 Å². The minimum absolute atomic E-state index is 1.19. The summed E-state index contributed by atoms with van der Waals surface area (Å²) < 4.78 is 2.17. The highest BCUT2D eigenvalue weighted by Crippen LogP contribution is 2.28. The van der Waals surface area contributed by atoms with Crippen molar-refractivity contribution in [1.29, 1.82) is 0 Å². The molecule has 4 heteroatoms. The summed E-state index contributed by atoms with van der Waals surface area (Å²) in [5, 5.41) is 1.27. The quantitative estimate of drug-likeness (QED) is 0.710. The number of hydrogen-bond donors (Lipinski definition) is 0. The summed E-state index contributed by atoms with van der Waals surface area (Å²) in [6.07, 6.45) is 9.90. The number of fused-ring (bicyclic) bond motifs is 1. The van der Waals surface area contributed by atoms with Crippen LogP contribution < -0.4 is 0 Å². The van der Waals surface area contributed by atoms with Crippen molar-refractivity contribution in [2.24, 2.45) is 0 Å². The molecule has 0 bridgehead atoms. The molecule has 2 heterocycles. The van der Waals surface area contributed by atoms with Crippen LogP contribution in [0.5, 0.6) is 0 Å². The van der Waals surface area contributed by atoms with Crippen molar-refractivity contribution in [3.8, 4) is 0 Å². The van der Waals surface area contributed by atoms with Gasteiger partial charge in [-0.15, -0.1) is 23.5 Å². The Morgan fingerprint density at radius 3 is 2.85 bits per heavy atom. The summed E-state index contributed by atoms with van der Waals surface area (Å²) >= 11 is 3.52. The predicted molar refractivity (Wildman–Crippen MR) is 58.8 cm³/mol. The lowest BCUT2D eigenvalue weighted by Gasteiger charge is -1.97. The molecule has 0 saturated carbocycles. The molecule has 0 aliphatic carbocycles. The Morgan fingerprint density at radius 1 is 1.31 bits per heavy atom. The molecule has 0 aliphatic rings. The topological polar surface area (TPSA) is 17.3 Å². The van der Waals surface area contributed by atoms with Gasteiger partial charge in [0.05, 0.1) is 16.7 Å². The zero-order chi connectivity index (χ0) is 9.26. The number of thioether (sulfide) groups is 2.